The average molecular weight is 237 g/mol. The number of carbonyl (C=O) groups excluding carboxylic acids is 1. The summed E-state index contributed by atoms with van der Waals surface area (Å²) in [6.07, 6.45) is 0.245. The summed E-state index contributed by atoms with van der Waals surface area (Å²) in [5.41, 5.74) is 6.34. The van der Waals surface area contributed by atoms with Crippen LogP contribution < -0.4 is 11.1 Å². The van der Waals surface area contributed by atoms with Crippen LogP contribution in [-0.4, -0.2) is 28.6 Å². The summed E-state index contributed by atoms with van der Waals surface area (Å²) >= 11 is 0. The van der Waals surface area contributed by atoms with Crippen LogP contribution in [0.5, 0.6) is 5.75 Å². The highest BCUT2D eigenvalue weighted by Crippen LogP contribution is 2.17. The molecule has 0 aliphatic carbocycles. The molecule has 0 bridgehead atoms. The van der Waals surface area contributed by atoms with E-state index in [1.54, 1.807) is 12.1 Å². The van der Waals surface area contributed by atoms with Gasteiger partial charge in [0.2, 0.25) is 0 Å². The topological polar surface area (TPSA) is 108 Å². The number of phenols is 1. The Morgan fingerprint density at radius 1 is 1.53 bits per heavy atom. The zero-order chi connectivity index (χ0) is 12.8. The molecule has 0 atom stereocenters. The van der Waals surface area contributed by atoms with Crippen LogP contribution in [0.4, 0.5) is 0 Å². The second-order valence-electron chi connectivity index (χ2n) is 3.62. The summed E-state index contributed by atoms with van der Waals surface area (Å²) in [5.74, 6) is -0.424. The number of amidine groups is 1. The summed E-state index contributed by atoms with van der Waals surface area (Å²) in [5, 5.41) is 23.2. The normalized spacial score (nSPS) is 11.2. The van der Waals surface area contributed by atoms with Crippen LogP contribution in [0, 0.1) is 6.92 Å². The third-order valence-corrected chi connectivity index (χ3v) is 2.19. The minimum atomic E-state index is -0.392. The van der Waals surface area contributed by atoms with Gasteiger partial charge in [0.25, 0.3) is 5.91 Å². The van der Waals surface area contributed by atoms with Crippen LogP contribution in [0.2, 0.25) is 0 Å². The lowest BCUT2D eigenvalue weighted by molar-refractivity contribution is 0.0952. The number of phenolic OH excluding ortho intramolecular Hbond substituents is 1. The van der Waals surface area contributed by atoms with Crippen LogP contribution in [0.15, 0.2) is 23.4 Å². The van der Waals surface area contributed by atoms with Crippen LogP contribution in [0.1, 0.15) is 22.3 Å². The molecule has 0 saturated carbocycles. The van der Waals surface area contributed by atoms with Gasteiger partial charge in [-0.3, -0.25) is 4.79 Å². The number of aromatic hydroxyl groups is 1. The van der Waals surface area contributed by atoms with E-state index in [-0.39, 0.29) is 30.1 Å². The number of hydrogen-bond donors (Lipinski definition) is 4. The first-order valence-corrected chi connectivity index (χ1v) is 5.09. The highest BCUT2D eigenvalue weighted by Gasteiger charge is 2.10. The highest BCUT2D eigenvalue weighted by atomic mass is 16.4. The number of hydrogen-bond acceptors (Lipinski definition) is 4. The van der Waals surface area contributed by atoms with E-state index in [1.165, 1.54) is 6.07 Å². The smallest absolute Gasteiger partial charge is 0.255 e. The molecule has 1 aromatic rings. The van der Waals surface area contributed by atoms with E-state index in [1.807, 2.05) is 6.92 Å². The Hall–Kier alpha value is -2.24. The van der Waals surface area contributed by atoms with E-state index in [0.717, 1.165) is 5.56 Å². The van der Waals surface area contributed by atoms with E-state index in [9.17, 15) is 9.90 Å². The third-order valence-electron chi connectivity index (χ3n) is 2.19. The van der Waals surface area contributed by atoms with Gasteiger partial charge < -0.3 is 21.4 Å². The van der Waals surface area contributed by atoms with Crippen LogP contribution in [0.25, 0.3) is 0 Å². The Balaban J connectivity index is 2.61. The van der Waals surface area contributed by atoms with Crippen molar-refractivity contribution in [1.29, 1.82) is 0 Å². The number of oxime groups is 1. The van der Waals surface area contributed by atoms with Gasteiger partial charge in [-0.2, -0.15) is 0 Å². The van der Waals surface area contributed by atoms with Gasteiger partial charge in [0.05, 0.1) is 5.56 Å². The Morgan fingerprint density at radius 2 is 2.24 bits per heavy atom. The summed E-state index contributed by atoms with van der Waals surface area (Å²) in [7, 11) is 0. The van der Waals surface area contributed by atoms with Gasteiger partial charge in [0.1, 0.15) is 11.6 Å². The zero-order valence-corrected chi connectivity index (χ0v) is 9.47. The molecule has 0 saturated heterocycles. The number of aryl methyl sites for hydroxylation is 1. The molecule has 17 heavy (non-hydrogen) atoms. The van der Waals surface area contributed by atoms with Crippen molar-refractivity contribution in [3.63, 3.8) is 0 Å². The van der Waals surface area contributed by atoms with Gasteiger partial charge in [-0.1, -0.05) is 16.8 Å². The lowest BCUT2D eigenvalue weighted by Gasteiger charge is -2.07. The van der Waals surface area contributed by atoms with Gasteiger partial charge in [0, 0.05) is 13.0 Å². The zero-order valence-electron chi connectivity index (χ0n) is 9.47. The van der Waals surface area contributed by atoms with Gasteiger partial charge in [-0.05, 0) is 19.1 Å². The van der Waals surface area contributed by atoms with E-state index in [4.69, 9.17) is 10.9 Å². The Labute approximate surface area is 98.7 Å². The van der Waals surface area contributed by atoms with Crippen LogP contribution in [0.3, 0.4) is 0 Å². The molecule has 0 spiro atoms. The van der Waals surface area contributed by atoms with E-state index >= 15 is 0 Å². The fraction of sp³-hybridized carbons (Fsp3) is 0.273. The third kappa shape index (κ3) is 3.67. The summed E-state index contributed by atoms with van der Waals surface area (Å²) in [4.78, 5) is 11.7. The van der Waals surface area contributed by atoms with Crippen molar-refractivity contribution in [2.75, 3.05) is 6.54 Å². The van der Waals surface area contributed by atoms with Crippen LogP contribution in [-0.2, 0) is 0 Å². The van der Waals surface area contributed by atoms with E-state index in [0.29, 0.717) is 0 Å². The Morgan fingerprint density at radius 3 is 2.88 bits per heavy atom. The first-order chi connectivity index (χ1) is 8.04. The lowest BCUT2D eigenvalue weighted by Crippen LogP contribution is -2.28. The Bertz CT molecular complexity index is 444. The van der Waals surface area contributed by atoms with Crippen molar-refractivity contribution >= 4 is 11.7 Å². The molecule has 0 aliphatic heterocycles. The number of benzene rings is 1. The largest absolute Gasteiger partial charge is 0.507 e. The number of nitrogens with zero attached hydrogens (tertiary/aromatic N) is 1. The maximum Gasteiger partial charge on any atom is 0.255 e. The molecule has 92 valence electrons. The fourth-order valence-corrected chi connectivity index (χ4v) is 1.28. The molecule has 0 aromatic heterocycles. The standard InChI is InChI=1S/C11H15N3O3/c1-7-2-3-9(15)8(6-7)11(16)13-5-4-10(12)14-17/h2-3,6,15,17H,4-5H2,1H3,(H2,12,14)(H,13,16). The van der Waals surface area contributed by atoms with Crippen molar-refractivity contribution in [1.82, 2.24) is 5.32 Å². The maximum atomic E-state index is 11.7. The molecule has 0 unspecified atom stereocenters. The van der Waals surface area contributed by atoms with Crippen molar-refractivity contribution in [2.24, 2.45) is 10.9 Å². The summed E-state index contributed by atoms with van der Waals surface area (Å²) in [6.45, 7) is 2.06. The van der Waals surface area contributed by atoms with Crippen LogP contribution >= 0.6 is 0 Å². The molecule has 1 rings (SSSR count). The first kappa shape index (κ1) is 12.8. The van der Waals surface area contributed by atoms with Crippen molar-refractivity contribution < 1.29 is 15.1 Å². The van der Waals surface area contributed by atoms with Crippen molar-refractivity contribution in [2.45, 2.75) is 13.3 Å². The number of amides is 1. The predicted molar refractivity (Wildman–Crippen MR) is 63.2 cm³/mol. The Kier molecular flexibility index (Phi) is 4.33. The molecule has 1 aromatic carbocycles. The number of nitrogens with two attached hydrogens (primary N) is 1. The fourth-order valence-electron chi connectivity index (χ4n) is 1.28. The van der Waals surface area contributed by atoms with Gasteiger partial charge in [-0.15, -0.1) is 0 Å². The van der Waals surface area contributed by atoms with Gasteiger partial charge >= 0.3 is 0 Å². The average Bonchev–Trinajstić information content (AvgIpc) is 2.31. The first-order valence-electron chi connectivity index (χ1n) is 5.09. The molecule has 0 radical (unpaired) electrons. The lowest BCUT2D eigenvalue weighted by atomic mass is 10.1. The SMILES string of the molecule is Cc1ccc(O)c(C(=O)NCCC(N)=NO)c1. The molecule has 0 heterocycles. The van der Waals surface area contributed by atoms with E-state index < -0.39 is 5.91 Å². The minimum absolute atomic E-state index is 0.0405. The molecular weight excluding hydrogens is 222 g/mol. The quantitative estimate of drug-likeness (QED) is 0.265. The molecule has 6 heteroatoms. The number of carbonyl (C=O) groups is 1. The van der Waals surface area contributed by atoms with Gasteiger partial charge in [0.15, 0.2) is 0 Å². The molecular formula is C11H15N3O3. The van der Waals surface area contributed by atoms with E-state index in [2.05, 4.69) is 10.5 Å². The second-order valence-corrected chi connectivity index (χ2v) is 3.62. The molecule has 1 amide bonds. The number of nitrogens with one attached hydrogen (secondary N) is 1. The monoisotopic (exact) mass is 237 g/mol. The second kappa shape index (κ2) is 5.74. The number of rotatable bonds is 4. The van der Waals surface area contributed by atoms with Crippen molar-refractivity contribution in [3.8, 4) is 5.75 Å². The summed E-state index contributed by atoms with van der Waals surface area (Å²) in [6, 6.07) is 4.77. The minimum Gasteiger partial charge on any atom is -0.507 e. The molecule has 0 aliphatic rings. The summed E-state index contributed by atoms with van der Waals surface area (Å²) < 4.78 is 0. The van der Waals surface area contributed by atoms with Crippen molar-refractivity contribution in [3.05, 3.63) is 29.3 Å². The predicted octanol–water partition coefficient (Wildman–Crippen LogP) is 0.567. The molecule has 6 nitrogen and oxygen atoms in total. The highest BCUT2D eigenvalue weighted by molar-refractivity contribution is 5.97. The van der Waals surface area contributed by atoms with Gasteiger partial charge in [-0.25, -0.2) is 0 Å². The molecule has 0 fully saturated rings. The maximum absolute atomic E-state index is 11.7. The molecule has 5 N–H and O–H groups in total.